The van der Waals surface area contributed by atoms with Crippen molar-refractivity contribution in [1.29, 1.82) is 0 Å². The third-order valence-corrected chi connectivity index (χ3v) is 5.12. The van der Waals surface area contributed by atoms with E-state index in [2.05, 4.69) is 20.3 Å². The zero-order valence-electron chi connectivity index (χ0n) is 13.1. The van der Waals surface area contributed by atoms with E-state index in [0.717, 1.165) is 50.5 Å². The van der Waals surface area contributed by atoms with Crippen LogP contribution < -0.4 is 5.32 Å². The average Bonchev–Trinajstić information content (AvgIpc) is 3.05. The lowest BCUT2D eigenvalue weighted by Gasteiger charge is -2.39. The van der Waals surface area contributed by atoms with Crippen molar-refractivity contribution in [2.75, 3.05) is 31.6 Å². The van der Waals surface area contributed by atoms with Crippen LogP contribution in [-0.4, -0.2) is 57.9 Å². The predicted octanol–water partition coefficient (Wildman–Crippen LogP) is 2.44. The maximum absolute atomic E-state index is 6.02. The van der Waals surface area contributed by atoms with Crippen molar-refractivity contribution in [2.45, 2.75) is 37.8 Å². The molecule has 0 radical (unpaired) electrons. The molecule has 0 unspecified atom stereocenters. The summed E-state index contributed by atoms with van der Waals surface area (Å²) in [6, 6.07) is 5.13. The van der Waals surface area contributed by atoms with Gasteiger partial charge in [-0.25, -0.2) is 4.52 Å². The van der Waals surface area contributed by atoms with Gasteiger partial charge in [-0.1, -0.05) is 0 Å². The number of nitrogens with one attached hydrogen (secondary N) is 1. The summed E-state index contributed by atoms with van der Waals surface area (Å²) in [5, 5.41) is 8.03. The lowest BCUT2D eigenvalue weighted by molar-refractivity contribution is 0.00791. The van der Waals surface area contributed by atoms with Crippen LogP contribution in [0.25, 0.3) is 5.52 Å². The van der Waals surface area contributed by atoms with Gasteiger partial charge < -0.3 is 10.1 Å². The number of morpholine rings is 1. The first-order chi connectivity index (χ1) is 11.3. The number of rotatable bonds is 3. The molecule has 1 N–H and O–H groups in total. The second kappa shape index (κ2) is 6.63. The number of aromatic nitrogens is 3. The Labute approximate surface area is 140 Å². The number of ether oxygens (including phenoxy) is 1. The van der Waals surface area contributed by atoms with Crippen LogP contribution in [0.2, 0.25) is 5.28 Å². The zero-order chi connectivity index (χ0) is 15.6. The molecule has 1 aliphatic heterocycles. The van der Waals surface area contributed by atoms with E-state index in [4.69, 9.17) is 16.3 Å². The van der Waals surface area contributed by atoms with Crippen molar-refractivity contribution >= 4 is 22.9 Å². The summed E-state index contributed by atoms with van der Waals surface area (Å²) in [5.74, 6) is 0.838. The molecule has 0 bridgehead atoms. The minimum Gasteiger partial charge on any atom is -0.379 e. The molecule has 6 nitrogen and oxygen atoms in total. The monoisotopic (exact) mass is 335 g/mol. The van der Waals surface area contributed by atoms with E-state index in [-0.39, 0.29) is 5.28 Å². The summed E-state index contributed by atoms with van der Waals surface area (Å²) in [6.45, 7) is 3.91. The normalized spacial score (nSPS) is 26.5. The molecule has 2 aromatic heterocycles. The average molecular weight is 336 g/mol. The van der Waals surface area contributed by atoms with E-state index in [0.29, 0.717) is 12.1 Å². The van der Waals surface area contributed by atoms with E-state index in [9.17, 15) is 0 Å². The Bertz CT molecular complexity index is 662. The molecule has 1 saturated carbocycles. The van der Waals surface area contributed by atoms with Crippen molar-refractivity contribution in [3.8, 4) is 0 Å². The van der Waals surface area contributed by atoms with Gasteiger partial charge >= 0.3 is 0 Å². The molecule has 124 valence electrons. The zero-order valence-corrected chi connectivity index (χ0v) is 13.9. The van der Waals surface area contributed by atoms with E-state index in [1.54, 1.807) is 4.52 Å². The Kier molecular flexibility index (Phi) is 4.37. The van der Waals surface area contributed by atoms with Crippen LogP contribution in [0.3, 0.4) is 0 Å². The quantitative estimate of drug-likeness (QED) is 0.933. The van der Waals surface area contributed by atoms with Crippen LogP contribution in [0.5, 0.6) is 0 Å². The molecule has 2 fully saturated rings. The minimum atomic E-state index is 0.276. The highest BCUT2D eigenvalue weighted by Gasteiger charge is 2.27. The second-order valence-electron chi connectivity index (χ2n) is 6.37. The summed E-state index contributed by atoms with van der Waals surface area (Å²) in [4.78, 5) is 6.96. The fourth-order valence-electron chi connectivity index (χ4n) is 3.74. The highest BCUT2D eigenvalue weighted by molar-refractivity contribution is 6.28. The van der Waals surface area contributed by atoms with E-state index < -0.39 is 0 Å². The molecule has 3 heterocycles. The number of nitrogens with zero attached hydrogens (tertiary/aromatic N) is 4. The number of halogens is 1. The molecule has 2 aliphatic rings. The van der Waals surface area contributed by atoms with Gasteiger partial charge in [-0.05, 0) is 49.4 Å². The van der Waals surface area contributed by atoms with Gasteiger partial charge in [-0.2, -0.15) is 4.98 Å². The highest BCUT2D eigenvalue weighted by Crippen LogP contribution is 2.27. The van der Waals surface area contributed by atoms with Crippen LogP contribution in [0.1, 0.15) is 25.7 Å². The molecule has 0 spiro atoms. The van der Waals surface area contributed by atoms with Gasteiger partial charge in [-0.3, -0.25) is 4.90 Å². The SMILES string of the molecule is Clc1nc(N[C@H]2CC[C@H](N3CCOCC3)CC2)c2cccn2n1. The third-order valence-electron chi connectivity index (χ3n) is 4.96. The fourth-order valence-corrected chi connectivity index (χ4v) is 3.90. The molecule has 0 atom stereocenters. The lowest BCUT2D eigenvalue weighted by Crippen LogP contribution is -2.46. The topological polar surface area (TPSA) is 54.7 Å². The molecule has 2 aromatic rings. The van der Waals surface area contributed by atoms with Gasteiger partial charge in [0.25, 0.3) is 0 Å². The molecule has 4 rings (SSSR count). The largest absolute Gasteiger partial charge is 0.379 e. The van der Waals surface area contributed by atoms with Gasteiger partial charge in [0.2, 0.25) is 5.28 Å². The lowest BCUT2D eigenvalue weighted by atomic mass is 9.90. The Hall–Kier alpha value is -1.37. The van der Waals surface area contributed by atoms with Crippen LogP contribution in [0.15, 0.2) is 18.3 Å². The van der Waals surface area contributed by atoms with E-state index >= 15 is 0 Å². The molecule has 1 saturated heterocycles. The summed E-state index contributed by atoms with van der Waals surface area (Å²) in [7, 11) is 0. The second-order valence-corrected chi connectivity index (χ2v) is 6.70. The Morgan fingerprint density at radius 2 is 1.96 bits per heavy atom. The molecular weight excluding hydrogens is 314 g/mol. The van der Waals surface area contributed by atoms with Crippen LogP contribution in [0, 0.1) is 0 Å². The Morgan fingerprint density at radius 3 is 2.74 bits per heavy atom. The van der Waals surface area contributed by atoms with Gasteiger partial charge in [-0.15, -0.1) is 5.10 Å². The van der Waals surface area contributed by atoms with Crippen LogP contribution in [0.4, 0.5) is 5.82 Å². The molecule has 23 heavy (non-hydrogen) atoms. The van der Waals surface area contributed by atoms with Crippen molar-refractivity contribution in [3.05, 3.63) is 23.6 Å². The number of anilines is 1. The Morgan fingerprint density at radius 1 is 1.17 bits per heavy atom. The van der Waals surface area contributed by atoms with Gasteiger partial charge in [0.05, 0.1) is 13.2 Å². The summed E-state index contributed by atoms with van der Waals surface area (Å²) in [5.41, 5.74) is 0.977. The van der Waals surface area contributed by atoms with Crippen LogP contribution in [-0.2, 0) is 4.74 Å². The standard InChI is InChI=1S/C16H22ClN5O/c17-16-19-15(14-2-1-7-22(14)20-16)18-12-3-5-13(6-4-12)21-8-10-23-11-9-21/h1-2,7,12-13H,3-6,8-11H2,(H,18,19,20)/t12-,13-. The Balaban J connectivity index is 1.39. The number of hydrogen-bond donors (Lipinski definition) is 1. The van der Waals surface area contributed by atoms with Crippen molar-refractivity contribution in [3.63, 3.8) is 0 Å². The maximum atomic E-state index is 6.02. The molecule has 0 aromatic carbocycles. The first-order valence-corrected chi connectivity index (χ1v) is 8.76. The van der Waals surface area contributed by atoms with Crippen LogP contribution >= 0.6 is 11.6 Å². The summed E-state index contributed by atoms with van der Waals surface area (Å²) in [6.07, 6.45) is 6.68. The van der Waals surface area contributed by atoms with Gasteiger partial charge in [0.15, 0.2) is 5.82 Å². The molecule has 0 amide bonds. The molecule has 1 aliphatic carbocycles. The van der Waals surface area contributed by atoms with Gasteiger partial charge in [0.1, 0.15) is 5.52 Å². The summed E-state index contributed by atoms with van der Waals surface area (Å²) < 4.78 is 7.23. The van der Waals surface area contributed by atoms with E-state index in [1.165, 1.54) is 12.8 Å². The van der Waals surface area contributed by atoms with E-state index in [1.807, 2.05) is 18.3 Å². The summed E-state index contributed by atoms with van der Waals surface area (Å²) >= 11 is 6.02. The maximum Gasteiger partial charge on any atom is 0.243 e. The molecule has 7 heteroatoms. The number of hydrogen-bond acceptors (Lipinski definition) is 5. The first kappa shape index (κ1) is 15.2. The van der Waals surface area contributed by atoms with Crippen molar-refractivity contribution in [1.82, 2.24) is 19.5 Å². The number of fused-ring (bicyclic) bond motifs is 1. The fraction of sp³-hybridized carbons (Fsp3) is 0.625. The first-order valence-electron chi connectivity index (χ1n) is 8.39. The minimum absolute atomic E-state index is 0.276. The van der Waals surface area contributed by atoms with Crippen molar-refractivity contribution < 1.29 is 4.74 Å². The third kappa shape index (κ3) is 3.29. The van der Waals surface area contributed by atoms with Gasteiger partial charge in [0, 0.05) is 31.4 Å². The van der Waals surface area contributed by atoms with Crippen molar-refractivity contribution in [2.24, 2.45) is 0 Å². The molecular formula is C16H22ClN5O. The predicted molar refractivity (Wildman–Crippen MR) is 90.1 cm³/mol. The smallest absolute Gasteiger partial charge is 0.243 e. The highest BCUT2D eigenvalue weighted by atomic mass is 35.5.